The molecule has 6 nitrogen and oxygen atoms in total. The van der Waals surface area contributed by atoms with E-state index >= 15 is 0 Å². The lowest BCUT2D eigenvalue weighted by Crippen LogP contribution is -2.08. The number of carbonyl (C=O) groups is 1. The van der Waals surface area contributed by atoms with Crippen LogP contribution in [-0.4, -0.2) is 24.0 Å². The molecular formula is C13H10O6S. The van der Waals surface area contributed by atoms with Crippen LogP contribution < -0.4 is 4.74 Å². The summed E-state index contributed by atoms with van der Waals surface area (Å²) >= 11 is 0. The molecule has 0 fully saturated rings. The van der Waals surface area contributed by atoms with Gasteiger partial charge in [-0.15, -0.1) is 0 Å². The van der Waals surface area contributed by atoms with Gasteiger partial charge in [0.25, 0.3) is 10.1 Å². The van der Waals surface area contributed by atoms with Gasteiger partial charge in [0.15, 0.2) is 0 Å². The number of hydrogen-bond donors (Lipinski definition) is 2. The number of hydrogen-bond acceptors (Lipinski definition) is 5. The Morgan fingerprint density at radius 2 is 1.60 bits per heavy atom. The van der Waals surface area contributed by atoms with Crippen molar-refractivity contribution in [1.82, 2.24) is 0 Å². The molecule has 0 spiro atoms. The van der Waals surface area contributed by atoms with Crippen LogP contribution in [0.3, 0.4) is 0 Å². The highest BCUT2D eigenvalue weighted by molar-refractivity contribution is 7.85. The molecule has 0 radical (unpaired) electrons. The molecule has 2 rings (SSSR count). The van der Waals surface area contributed by atoms with E-state index in [1.165, 1.54) is 24.3 Å². The second kappa shape index (κ2) is 5.32. The minimum Gasteiger partial charge on any atom is -0.507 e. The summed E-state index contributed by atoms with van der Waals surface area (Å²) in [6.45, 7) is 0. The Kier molecular flexibility index (Phi) is 3.73. The Morgan fingerprint density at radius 1 is 1.00 bits per heavy atom. The van der Waals surface area contributed by atoms with E-state index in [1.54, 1.807) is 12.1 Å². The lowest BCUT2D eigenvalue weighted by atomic mass is 10.2. The number of phenols is 1. The molecule has 20 heavy (non-hydrogen) atoms. The molecular weight excluding hydrogens is 284 g/mol. The van der Waals surface area contributed by atoms with Crippen molar-refractivity contribution >= 4 is 16.1 Å². The van der Waals surface area contributed by atoms with Crippen LogP contribution in [-0.2, 0) is 10.1 Å². The first-order chi connectivity index (χ1) is 9.38. The van der Waals surface area contributed by atoms with Crippen molar-refractivity contribution in [2.24, 2.45) is 0 Å². The highest BCUT2D eigenvalue weighted by Gasteiger charge is 2.14. The van der Waals surface area contributed by atoms with Crippen LogP contribution >= 0.6 is 0 Å². The maximum absolute atomic E-state index is 11.8. The Balaban J connectivity index is 2.19. The van der Waals surface area contributed by atoms with Crippen molar-refractivity contribution in [2.75, 3.05) is 0 Å². The van der Waals surface area contributed by atoms with Crippen LogP contribution in [0.4, 0.5) is 0 Å². The first-order valence-corrected chi connectivity index (χ1v) is 6.89. The summed E-state index contributed by atoms with van der Waals surface area (Å²) in [5.41, 5.74) is -0.00800. The van der Waals surface area contributed by atoms with Crippen LogP contribution in [0.1, 0.15) is 10.4 Å². The molecule has 0 atom stereocenters. The minimum atomic E-state index is -4.29. The van der Waals surface area contributed by atoms with Crippen molar-refractivity contribution in [2.45, 2.75) is 4.90 Å². The highest BCUT2D eigenvalue weighted by atomic mass is 32.2. The summed E-state index contributed by atoms with van der Waals surface area (Å²) in [7, 11) is -4.29. The number of aromatic hydroxyl groups is 1. The Bertz CT molecular complexity index is 734. The van der Waals surface area contributed by atoms with Gasteiger partial charge in [-0.05, 0) is 36.4 Å². The normalized spacial score (nSPS) is 11.1. The fraction of sp³-hybridized carbons (Fsp3) is 0. The van der Waals surface area contributed by atoms with Gasteiger partial charge in [0.1, 0.15) is 17.1 Å². The third-order valence-corrected chi connectivity index (χ3v) is 3.32. The molecule has 0 aliphatic carbocycles. The first kappa shape index (κ1) is 14.0. The second-order valence-corrected chi connectivity index (χ2v) is 5.27. The molecule has 0 aromatic heterocycles. The maximum atomic E-state index is 11.8. The summed E-state index contributed by atoms with van der Waals surface area (Å²) in [5, 5.41) is 9.50. The smallest absolute Gasteiger partial charge is 0.347 e. The van der Waals surface area contributed by atoms with Crippen molar-refractivity contribution in [3.63, 3.8) is 0 Å². The van der Waals surface area contributed by atoms with Gasteiger partial charge in [0.2, 0.25) is 0 Å². The van der Waals surface area contributed by atoms with E-state index in [2.05, 4.69) is 0 Å². The molecule has 0 amide bonds. The standard InChI is InChI=1S/C13H10O6S/c14-12-4-2-1-3-11(12)13(15)19-9-5-7-10(8-6-9)20(16,17)18/h1-8,14H,(H,16,17,18). The van der Waals surface area contributed by atoms with Gasteiger partial charge in [-0.25, -0.2) is 4.79 Å². The second-order valence-electron chi connectivity index (χ2n) is 3.85. The predicted octanol–water partition coefficient (Wildman–Crippen LogP) is 1.86. The molecule has 0 unspecified atom stereocenters. The average molecular weight is 294 g/mol. The van der Waals surface area contributed by atoms with Gasteiger partial charge in [-0.1, -0.05) is 12.1 Å². The zero-order valence-electron chi connectivity index (χ0n) is 10.1. The lowest BCUT2D eigenvalue weighted by Gasteiger charge is -2.06. The molecule has 0 aliphatic rings. The molecule has 0 aliphatic heterocycles. The Hall–Kier alpha value is -2.38. The van der Waals surface area contributed by atoms with Gasteiger partial charge in [-0.3, -0.25) is 4.55 Å². The summed E-state index contributed by atoms with van der Waals surface area (Å²) < 4.78 is 35.5. The first-order valence-electron chi connectivity index (χ1n) is 5.45. The SMILES string of the molecule is O=C(Oc1ccc(S(=O)(=O)O)cc1)c1ccccc1O. The lowest BCUT2D eigenvalue weighted by molar-refractivity contribution is 0.0731. The number of phenolic OH excluding ortho intramolecular Hbond substituents is 1. The molecule has 0 saturated carbocycles. The van der Waals surface area contributed by atoms with Gasteiger partial charge < -0.3 is 9.84 Å². The van der Waals surface area contributed by atoms with Gasteiger partial charge >= 0.3 is 5.97 Å². The quantitative estimate of drug-likeness (QED) is 0.509. The number of ether oxygens (including phenoxy) is 1. The minimum absolute atomic E-state index is 0.00800. The average Bonchev–Trinajstić information content (AvgIpc) is 2.38. The third-order valence-electron chi connectivity index (χ3n) is 2.46. The number of rotatable bonds is 3. The van der Waals surface area contributed by atoms with E-state index in [4.69, 9.17) is 9.29 Å². The molecule has 0 saturated heterocycles. The zero-order chi connectivity index (χ0) is 14.8. The molecule has 104 valence electrons. The van der Waals surface area contributed by atoms with Crippen LogP contribution in [0.5, 0.6) is 11.5 Å². The molecule has 0 bridgehead atoms. The number of para-hydroxylation sites is 1. The monoisotopic (exact) mass is 294 g/mol. The van der Waals surface area contributed by atoms with Gasteiger partial charge in [-0.2, -0.15) is 8.42 Å². The van der Waals surface area contributed by atoms with Gasteiger partial charge in [0, 0.05) is 0 Å². The van der Waals surface area contributed by atoms with Crippen LogP contribution in [0.25, 0.3) is 0 Å². The summed E-state index contributed by atoms with van der Waals surface area (Å²) in [6, 6.07) is 10.5. The van der Waals surface area contributed by atoms with Gasteiger partial charge in [0.05, 0.1) is 4.90 Å². The summed E-state index contributed by atoms with van der Waals surface area (Å²) in [5.74, 6) is -0.902. The number of carbonyl (C=O) groups excluding carboxylic acids is 1. The fourth-order valence-electron chi connectivity index (χ4n) is 1.49. The Morgan fingerprint density at radius 3 is 2.15 bits per heavy atom. The molecule has 2 aromatic carbocycles. The summed E-state index contributed by atoms with van der Waals surface area (Å²) in [6.07, 6.45) is 0. The van der Waals surface area contributed by atoms with E-state index < -0.39 is 16.1 Å². The topological polar surface area (TPSA) is 101 Å². The van der Waals surface area contributed by atoms with E-state index in [0.29, 0.717) is 0 Å². The molecule has 2 N–H and O–H groups in total. The van der Waals surface area contributed by atoms with E-state index in [0.717, 1.165) is 12.1 Å². The van der Waals surface area contributed by atoms with Crippen LogP contribution in [0.2, 0.25) is 0 Å². The Labute approximate surface area is 115 Å². The molecule has 7 heteroatoms. The highest BCUT2D eigenvalue weighted by Crippen LogP contribution is 2.20. The fourth-order valence-corrected chi connectivity index (χ4v) is 1.97. The van der Waals surface area contributed by atoms with E-state index in [9.17, 15) is 18.3 Å². The van der Waals surface area contributed by atoms with Crippen molar-refractivity contribution in [3.05, 3.63) is 54.1 Å². The number of benzene rings is 2. The number of esters is 1. The van der Waals surface area contributed by atoms with Crippen molar-refractivity contribution in [1.29, 1.82) is 0 Å². The van der Waals surface area contributed by atoms with Crippen molar-refractivity contribution < 1.29 is 27.6 Å². The maximum Gasteiger partial charge on any atom is 0.347 e. The molecule has 0 heterocycles. The third kappa shape index (κ3) is 3.14. The predicted molar refractivity (Wildman–Crippen MR) is 69.3 cm³/mol. The summed E-state index contributed by atoms with van der Waals surface area (Å²) in [4.78, 5) is 11.5. The zero-order valence-corrected chi connectivity index (χ0v) is 10.9. The largest absolute Gasteiger partial charge is 0.507 e. The van der Waals surface area contributed by atoms with Crippen LogP contribution in [0.15, 0.2) is 53.4 Å². The van der Waals surface area contributed by atoms with Crippen LogP contribution in [0, 0.1) is 0 Å². The molecule has 2 aromatic rings. The van der Waals surface area contributed by atoms with E-state index in [1.807, 2.05) is 0 Å². The van der Waals surface area contributed by atoms with Crippen molar-refractivity contribution in [3.8, 4) is 11.5 Å². The van der Waals surface area contributed by atoms with E-state index in [-0.39, 0.29) is 22.0 Å².